The molecule has 1 N–H and O–H groups in total. The Kier molecular flexibility index (Phi) is 5.41. The van der Waals surface area contributed by atoms with Crippen LogP contribution in [0.5, 0.6) is 0 Å². The van der Waals surface area contributed by atoms with Crippen LogP contribution in [-0.2, 0) is 16.1 Å². The van der Waals surface area contributed by atoms with Gasteiger partial charge in [-0.05, 0) is 30.2 Å². The third-order valence-corrected chi connectivity index (χ3v) is 4.31. The third-order valence-electron chi connectivity index (χ3n) is 4.31. The summed E-state index contributed by atoms with van der Waals surface area (Å²) < 4.78 is 5.27. The van der Waals surface area contributed by atoms with Crippen molar-refractivity contribution in [3.63, 3.8) is 0 Å². The average molecular weight is 305 g/mol. The van der Waals surface area contributed by atoms with Crippen LogP contribution < -0.4 is 0 Å². The van der Waals surface area contributed by atoms with Gasteiger partial charge >= 0.3 is 12.1 Å². The smallest absolute Gasteiger partial charge is 0.410 e. The van der Waals surface area contributed by atoms with E-state index in [1.54, 1.807) is 0 Å². The summed E-state index contributed by atoms with van der Waals surface area (Å²) >= 11 is 0. The fourth-order valence-corrected chi connectivity index (χ4v) is 2.85. The molecule has 120 valence electrons. The van der Waals surface area contributed by atoms with E-state index in [1.807, 2.05) is 30.3 Å². The van der Waals surface area contributed by atoms with Crippen LogP contribution in [0.3, 0.4) is 0 Å². The number of piperidine rings is 1. The molecule has 0 aromatic heterocycles. The minimum atomic E-state index is -0.956. The topological polar surface area (TPSA) is 66.8 Å². The first kappa shape index (κ1) is 16.3. The number of carbonyl (C=O) groups excluding carboxylic acids is 1. The molecule has 1 aromatic rings. The second kappa shape index (κ2) is 7.29. The standard InChI is InChI=1S/C17H23NO4/c1-12(2)14-8-9-18(15(10-14)16(19)20)17(21)22-11-13-6-4-3-5-7-13/h3-7,12,14-15H,8-11H2,1-2H3,(H,19,20). The molecule has 5 heteroatoms. The highest BCUT2D eigenvalue weighted by molar-refractivity contribution is 5.80. The summed E-state index contributed by atoms with van der Waals surface area (Å²) in [4.78, 5) is 25.0. The van der Waals surface area contributed by atoms with Gasteiger partial charge in [-0.2, -0.15) is 0 Å². The van der Waals surface area contributed by atoms with E-state index in [4.69, 9.17) is 4.74 Å². The Morgan fingerprint density at radius 2 is 2.00 bits per heavy atom. The maximum Gasteiger partial charge on any atom is 0.410 e. The van der Waals surface area contributed by atoms with Crippen LogP contribution in [0.4, 0.5) is 4.79 Å². The van der Waals surface area contributed by atoms with E-state index in [0.29, 0.717) is 24.8 Å². The molecule has 22 heavy (non-hydrogen) atoms. The molecule has 0 bridgehead atoms. The van der Waals surface area contributed by atoms with Gasteiger partial charge in [-0.3, -0.25) is 4.90 Å². The van der Waals surface area contributed by atoms with Crippen LogP contribution in [0.25, 0.3) is 0 Å². The van der Waals surface area contributed by atoms with Gasteiger partial charge in [-0.1, -0.05) is 44.2 Å². The van der Waals surface area contributed by atoms with Crippen LogP contribution in [-0.4, -0.2) is 34.7 Å². The van der Waals surface area contributed by atoms with Gasteiger partial charge < -0.3 is 9.84 Å². The minimum absolute atomic E-state index is 0.163. The van der Waals surface area contributed by atoms with Crippen LogP contribution in [0.1, 0.15) is 32.3 Å². The number of aliphatic carboxylic acids is 1. The second-order valence-corrected chi connectivity index (χ2v) is 6.12. The normalized spacial score (nSPS) is 21.7. The molecule has 2 rings (SSSR count). The van der Waals surface area contributed by atoms with Gasteiger partial charge in [0.1, 0.15) is 12.6 Å². The fraction of sp³-hybridized carbons (Fsp3) is 0.529. The lowest BCUT2D eigenvalue weighted by molar-refractivity contribution is -0.145. The zero-order valence-corrected chi connectivity index (χ0v) is 13.1. The van der Waals surface area contributed by atoms with Crippen molar-refractivity contribution in [1.82, 2.24) is 4.90 Å². The number of benzene rings is 1. The number of rotatable bonds is 4. The lowest BCUT2D eigenvalue weighted by atomic mass is 9.83. The van der Waals surface area contributed by atoms with Crippen molar-refractivity contribution in [1.29, 1.82) is 0 Å². The quantitative estimate of drug-likeness (QED) is 0.928. The van der Waals surface area contributed by atoms with E-state index in [1.165, 1.54) is 4.90 Å². The van der Waals surface area contributed by atoms with Gasteiger partial charge in [-0.15, -0.1) is 0 Å². The Hall–Kier alpha value is -2.04. The number of carboxylic acids is 1. The molecule has 0 radical (unpaired) electrons. The highest BCUT2D eigenvalue weighted by Gasteiger charge is 2.37. The molecule has 1 aliphatic rings. The molecule has 1 saturated heterocycles. The molecular weight excluding hydrogens is 282 g/mol. The van der Waals surface area contributed by atoms with Crippen molar-refractivity contribution in [3.8, 4) is 0 Å². The van der Waals surface area contributed by atoms with Crippen LogP contribution in [0.2, 0.25) is 0 Å². The zero-order chi connectivity index (χ0) is 16.1. The average Bonchev–Trinajstić information content (AvgIpc) is 2.52. The predicted octanol–water partition coefficient (Wildman–Crippen LogP) is 3.14. The maximum absolute atomic E-state index is 12.2. The summed E-state index contributed by atoms with van der Waals surface area (Å²) in [6, 6.07) is 8.58. The molecule has 1 heterocycles. The zero-order valence-electron chi connectivity index (χ0n) is 13.1. The van der Waals surface area contributed by atoms with E-state index in [-0.39, 0.29) is 6.61 Å². The Balaban J connectivity index is 1.97. The van der Waals surface area contributed by atoms with Gasteiger partial charge in [-0.25, -0.2) is 9.59 Å². The number of hydrogen-bond acceptors (Lipinski definition) is 3. The molecule has 2 atom stereocenters. The number of ether oxygens (including phenoxy) is 1. The molecular formula is C17H23NO4. The first-order valence-corrected chi connectivity index (χ1v) is 7.69. The molecule has 5 nitrogen and oxygen atoms in total. The Morgan fingerprint density at radius 1 is 1.32 bits per heavy atom. The van der Waals surface area contributed by atoms with Gasteiger partial charge in [0, 0.05) is 6.54 Å². The summed E-state index contributed by atoms with van der Waals surface area (Å²) in [5, 5.41) is 9.39. The van der Waals surface area contributed by atoms with Crippen molar-refractivity contribution in [2.45, 2.75) is 39.3 Å². The summed E-state index contributed by atoms with van der Waals surface area (Å²) in [6.07, 6.45) is 0.772. The van der Waals surface area contributed by atoms with E-state index in [2.05, 4.69) is 13.8 Å². The van der Waals surface area contributed by atoms with E-state index in [0.717, 1.165) is 12.0 Å². The van der Waals surface area contributed by atoms with Crippen molar-refractivity contribution < 1.29 is 19.4 Å². The third kappa shape index (κ3) is 4.00. The summed E-state index contributed by atoms with van der Waals surface area (Å²) in [5.41, 5.74) is 0.889. The van der Waals surface area contributed by atoms with Crippen molar-refractivity contribution in [2.24, 2.45) is 11.8 Å². The van der Waals surface area contributed by atoms with Crippen LogP contribution in [0, 0.1) is 11.8 Å². The largest absolute Gasteiger partial charge is 0.480 e. The summed E-state index contributed by atoms with van der Waals surface area (Å²) in [7, 11) is 0. The van der Waals surface area contributed by atoms with Crippen LogP contribution in [0.15, 0.2) is 30.3 Å². The molecule has 1 fully saturated rings. The van der Waals surface area contributed by atoms with Crippen molar-refractivity contribution >= 4 is 12.1 Å². The lowest BCUT2D eigenvalue weighted by Gasteiger charge is -2.37. The number of amides is 1. The van der Waals surface area contributed by atoms with Gasteiger partial charge in [0.05, 0.1) is 0 Å². The number of carboxylic acid groups (broad SMARTS) is 1. The minimum Gasteiger partial charge on any atom is -0.480 e. The maximum atomic E-state index is 12.2. The van der Waals surface area contributed by atoms with Crippen LogP contribution >= 0.6 is 0 Å². The second-order valence-electron chi connectivity index (χ2n) is 6.12. The van der Waals surface area contributed by atoms with Crippen molar-refractivity contribution in [2.75, 3.05) is 6.54 Å². The Labute approximate surface area is 130 Å². The monoisotopic (exact) mass is 305 g/mol. The highest BCUT2D eigenvalue weighted by atomic mass is 16.6. The Bertz CT molecular complexity index is 515. The van der Waals surface area contributed by atoms with Crippen molar-refractivity contribution in [3.05, 3.63) is 35.9 Å². The fourth-order valence-electron chi connectivity index (χ4n) is 2.85. The molecule has 1 aromatic carbocycles. The Morgan fingerprint density at radius 3 is 2.59 bits per heavy atom. The number of likely N-dealkylation sites (tertiary alicyclic amines) is 1. The first-order valence-electron chi connectivity index (χ1n) is 7.69. The molecule has 0 spiro atoms. The van der Waals surface area contributed by atoms with Gasteiger partial charge in [0.15, 0.2) is 0 Å². The molecule has 1 aliphatic heterocycles. The first-order chi connectivity index (χ1) is 10.5. The summed E-state index contributed by atoms with van der Waals surface area (Å²) in [5.74, 6) is -0.203. The lowest BCUT2D eigenvalue weighted by Crippen LogP contribution is -2.50. The molecule has 0 saturated carbocycles. The predicted molar refractivity (Wildman–Crippen MR) is 82.3 cm³/mol. The van der Waals surface area contributed by atoms with E-state index in [9.17, 15) is 14.7 Å². The number of hydrogen-bond donors (Lipinski definition) is 1. The highest BCUT2D eigenvalue weighted by Crippen LogP contribution is 2.29. The van der Waals surface area contributed by atoms with E-state index < -0.39 is 18.1 Å². The SMILES string of the molecule is CC(C)C1CCN(C(=O)OCc2ccccc2)C(C(=O)O)C1. The summed E-state index contributed by atoms with van der Waals surface area (Å²) in [6.45, 7) is 4.78. The van der Waals surface area contributed by atoms with Gasteiger partial charge in [0.25, 0.3) is 0 Å². The van der Waals surface area contributed by atoms with E-state index >= 15 is 0 Å². The molecule has 1 amide bonds. The molecule has 0 aliphatic carbocycles. The number of nitrogens with zero attached hydrogens (tertiary/aromatic N) is 1. The molecule has 2 unspecified atom stereocenters. The van der Waals surface area contributed by atoms with Gasteiger partial charge in [0.2, 0.25) is 0 Å². The number of carbonyl (C=O) groups is 2.